The number of halogens is 2. The second-order valence-electron chi connectivity index (χ2n) is 8.06. The van der Waals surface area contributed by atoms with E-state index in [1.54, 1.807) is 28.6 Å². The van der Waals surface area contributed by atoms with E-state index in [1.165, 1.54) is 12.8 Å². The largest absolute Gasteiger partial charge is 0.295 e. The molecule has 2 fully saturated rings. The predicted molar refractivity (Wildman–Crippen MR) is 121 cm³/mol. The number of Topliss-reactive ketones (excluding diaryl/α,β-unsaturated/α-hetero) is 1. The Balaban J connectivity index is 0.00000300. The van der Waals surface area contributed by atoms with Gasteiger partial charge in [-0.3, -0.25) is 9.69 Å². The Hall–Kier alpha value is -0.660. The van der Waals surface area contributed by atoms with Gasteiger partial charge in [-0.05, 0) is 49.9 Å². The molecule has 3 rings (SSSR count). The molecule has 0 bridgehead atoms. The number of rotatable bonds is 8. The fourth-order valence-electron chi connectivity index (χ4n) is 4.71. The summed E-state index contributed by atoms with van der Waals surface area (Å²) >= 11 is 5.92. The maximum atomic E-state index is 12.6. The molecule has 164 valence electrons. The number of hydrogen-bond acceptors (Lipinski definition) is 4. The van der Waals surface area contributed by atoms with Crippen LogP contribution in [0.5, 0.6) is 0 Å². The molecule has 0 unspecified atom stereocenters. The quantitative estimate of drug-likeness (QED) is 0.537. The second kappa shape index (κ2) is 10.6. The summed E-state index contributed by atoms with van der Waals surface area (Å²) in [6.07, 6.45) is 6.59. The van der Waals surface area contributed by atoms with Crippen LogP contribution in [0.25, 0.3) is 0 Å². The number of carbonyl (C=O) groups is 1. The lowest BCUT2D eigenvalue weighted by molar-refractivity contribution is 0.0476. The van der Waals surface area contributed by atoms with Crippen LogP contribution >= 0.6 is 24.0 Å². The van der Waals surface area contributed by atoms with Crippen molar-refractivity contribution >= 4 is 39.8 Å². The molecule has 0 amide bonds. The van der Waals surface area contributed by atoms with Gasteiger partial charge in [0.25, 0.3) is 0 Å². The molecule has 0 aromatic heterocycles. The van der Waals surface area contributed by atoms with Gasteiger partial charge in [0.15, 0.2) is 5.78 Å². The highest BCUT2D eigenvalue weighted by molar-refractivity contribution is 7.89. The Morgan fingerprint density at radius 1 is 1.07 bits per heavy atom. The van der Waals surface area contributed by atoms with Gasteiger partial charge in [-0.15, -0.1) is 12.4 Å². The van der Waals surface area contributed by atoms with Crippen LogP contribution in [-0.4, -0.2) is 60.9 Å². The second-order valence-corrected chi connectivity index (χ2v) is 10.6. The van der Waals surface area contributed by atoms with E-state index in [4.69, 9.17) is 11.6 Å². The Kier molecular flexibility index (Phi) is 8.98. The molecular formula is C21H32Cl2N2O3S. The molecule has 1 aromatic rings. The van der Waals surface area contributed by atoms with Crippen LogP contribution < -0.4 is 0 Å². The number of sulfonamides is 1. The molecule has 0 atom stereocenters. The third-order valence-corrected chi connectivity index (χ3v) is 8.61. The van der Waals surface area contributed by atoms with Crippen molar-refractivity contribution in [3.8, 4) is 0 Å². The zero-order chi connectivity index (χ0) is 20.2. The van der Waals surface area contributed by atoms with Crippen molar-refractivity contribution in [1.29, 1.82) is 0 Å². The highest BCUT2D eigenvalue weighted by Gasteiger charge is 2.41. The molecule has 2 aliphatic rings. The average molecular weight is 463 g/mol. The van der Waals surface area contributed by atoms with Crippen molar-refractivity contribution in [2.24, 2.45) is 0 Å². The first-order chi connectivity index (χ1) is 13.4. The van der Waals surface area contributed by atoms with E-state index in [0.717, 1.165) is 32.4 Å². The molecule has 1 saturated heterocycles. The summed E-state index contributed by atoms with van der Waals surface area (Å²) in [6, 6.07) is 7.11. The summed E-state index contributed by atoms with van der Waals surface area (Å²) in [4.78, 5) is 15.1. The van der Waals surface area contributed by atoms with E-state index in [1.807, 2.05) is 6.92 Å². The third kappa shape index (κ3) is 5.95. The average Bonchev–Trinajstić information content (AvgIpc) is 3.17. The molecule has 29 heavy (non-hydrogen) atoms. The first-order valence-corrected chi connectivity index (χ1v) is 12.4. The predicted octanol–water partition coefficient (Wildman–Crippen LogP) is 4.39. The maximum absolute atomic E-state index is 12.6. The molecular weight excluding hydrogens is 431 g/mol. The van der Waals surface area contributed by atoms with Crippen molar-refractivity contribution in [3.05, 3.63) is 34.9 Å². The zero-order valence-electron chi connectivity index (χ0n) is 17.1. The molecule has 8 heteroatoms. The van der Waals surface area contributed by atoms with Gasteiger partial charge in [-0.2, -0.15) is 4.31 Å². The van der Waals surface area contributed by atoms with Gasteiger partial charge in [0.2, 0.25) is 10.0 Å². The molecule has 0 N–H and O–H groups in total. The lowest BCUT2D eigenvalue weighted by atomic mass is 9.87. The van der Waals surface area contributed by atoms with Crippen LogP contribution in [-0.2, 0) is 10.0 Å². The van der Waals surface area contributed by atoms with Crippen molar-refractivity contribution in [1.82, 2.24) is 9.21 Å². The number of nitrogens with zero attached hydrogens (tertiary/aromatic N) is 2. The standard InChI is InChI=1S/C21H31ClN2O3S.ClH/c1-2-17-28(26,27)24-15-13-23(14-16-24)21(10-3-4-11-21)12-9-20(25)18-5-7-19(22)8-6-18;/h5-8H,2-4,9-17H2,1H3;1H. The minimum absolute atomic E-state index is 0. The van der Waals surface area contributed by atoms with Crippen LogP contribution in [0.3, 0.4) is 0 Å². The van der Waals surface area contributed by atoms with Crippen molar-refractivity contribution in [2.75, 3.05) is 31.9 Å². The van der Waals surface area contributed by atoms with Crippen molar-refractivity contribution in [3.63, 3.8) is 0 Å². The number of benzene rings is 1. The van der Waals surface area contributed by atoms with Crippen LogP contribution in [0.15, 0.2) is 24.3 Å². The van der Waals surface area contributed by atoms with E-state index in [9.17, 15) is 13.2 Å². The summed E-state index contributed by atoms with van der Waals surface area (Å²) < 4.78 is 26.3. The lowest BCUT2D eigenvalue weighted by Crippen LogP contribution is -2.57. The van der Waals surface area contributed by atoms with Crippen LogP contribution in [0.4, 0.5) is 0 Å². The van der Waals surface area contributed by atoms with E-state index < -0.39 is 10.0 Å². The summed E-state index contributed by atoms with van der Waals surface area (Å²) in [5.41, 5.74) is 0.760. The fraction of sp³-hybridized carbons (Fsp3) is 0.667. The topological polar surface area (TPSA) is 57.7 Å². The summed E-state index contributed by atoms with van der Waals surface area (Å²) in [7, 11) is -3.12. The lowest BCUT2D eigenvalue weighted by Gasteiger charge is -2.46. The highest BCUT2D eigenvalue weighted by atomic mass is 35.5. The van der Waals surface area contributed by atoms with Gasteiger partial charge < -0.3 is 0 Å². The normalized spacial score (nSPS) is 20.3. The Labute approximate surface area is 186 Å². The van der Waals surface area contributed by atoms with Gasteiger partial charge in [-0.1, -0.05) is 31.4 Å². The van der Waals surface area contributed by atoms with E-state index in [2.05, 4.69) is 4.90 Å². The van der Waals surface area contributed by atoms with Crippen molar-refractivity contribution in [2.45, 2.75) is 57.4 Å². The third-order valence-electron chi connectivity index (χ3n) is 6.28. The summed E-state index contributed by atoms with van der Waals surface area (Å²) in [5.74, 6) is 0.389. The van der Waals surface area contributed by atoms with E-state index >= 15 is 0 Å². The number of carbonyl (C=O) groups excluding carboxylic acids is 1. The molecule has 0 radical (unpaired) electrons. The van der Waals surface area contributed by atoms with Crippen LogP contribution in [0, 0.1) is 0 Å². The Bertz CT molecular complexity index is 770. The van der Waals surface area contributed by atoms with Gasteiger partial charge in [0, 0.05) is 48.7 Å². The molecule has 1 aliphatic carbocycles. The molecule has 0 spiro atoms. The number of hydrogen-bond donors (Lipinski definition) is 0. The van der Waals surface area contributed by atoms with Gasteiger partial charge in [-0.25, -0.2) is 8.42 Å². The summed E-state index contributed by atoms with van der Waals surface area (Å²) in [5, 5.41) is 0.639. The highest BCUT2D eigenvalue weighted by Crippen LogP contribution is 2.40. The minimum atomic E-state index is -3.12. The maximum Gasteiger partial charge on any atom is 0.214 e. The zero-order valence-corrected chi connectivity index (χ0v) is 19.5. The minimum Gasteiger partial charge on any atom is -0.295 e. The van der Waals surface area contributed by atoms with Gasteiger partial charge >= 0.3 is 0 Å². The monoisotopic (exact) mass is 462 g/mol. The molecule has 1 aromatic carbocycles. The fourth-order valence-corrected chi connectivity index (χ4v) is 6.33. The molecule has 5 nitrogen and oxygen atoms in total. The van der Waals surface area contributed by atoms with Crippen molar-refractivity contribution < 1.29 is 13.2 Å². The molecule has 1 aliphatic heterocycles. The number of piperazine rings is 1. The Morgan fingerprint density at radius 3 is 2.21 bits per heavy atom. The van der Waals surface area contributed by atoms with Crippen LogP contribution in [0.1, 0.15) is 62.2 Å². The summed E-state index contributed by atoms with van der Waals surface area (Å²) in [6.45, 7) is 4.56. The van der Waals surface area contributed by atoms with E-state index in [-0.39, 0.29) is 29.5 Å². The first kappa shape index (κ1) is 24.6. The Morgan fingerprint density at radius 2 is 1.66 bits per heavy atom. The van der Waals surface area contributed by atoms with Gasteiger partial charge in [0.1, 0.15) is 0 Å². The molecule has 1 heterocycles. The smallest absolute Gasteiger partial charge is 0.214 e. The number of ketones is 1. The van der Waals surface area contributed by atoms with E-state index in [0.29, 0.717) is 36.5 Å². The van der Waals surface area contributed by atoms with Crippen LogP contribution in [0.2, 0.25) is 5.02 Å². The SMILES string of the molecule is CCCS(=O)(=O)N1CCN(C2(CCC(=O)c3ccc(Cl)cc3)CCCC2)CC1.Cl. The molecule has 1 saturated carbocycles. The van der Waals surface area contributed by atoms with Gasteiger partial charge in [0.05, 0.1) is 5.75 Å². The first-order valence-electron chi connectivity index (χ1n) is 10.4.